The van der Waals surface area contributed by atoms with Gasteiger partial charge in [0, 0.05) is 24.6 Å². The number of amides is 1. The van der Waals surface area contributed by atoms with E-state index in [1.54, 1.807) is 0 Å². The van der Waals surface area contributed by atoms with Crippen LogP contribution in [0.5, 0.6) is 0 Å². The van der Waals surface area contributed by atoms with Crippen molar-refractivity contribution in [1.29, 1.82) is 0 Å². The first-order chi connectivity index (χ1) is 13.9. The van der Waals surface area contributed by atoms with Gasteiger partial charge in [0.25, 0.3) is 0 Å². The molecule has 2 N–H and O–H groups in total. The second-order valence-corrected chi connectivity index (χ2v) is 11.0. The summed E-state index contributed by atoms with van der Waals surface area (Å²) in [5, 5.41) is 10.9. The normalized spacial score (nSPS) is 26.2. The summed E-state index contributed by atoms with van der Waals surface area (Å²) in [6, 6.07) is 0.320. The molecule has 1 saturated carbocycles. The summed E-state index contributed by atoms with van der Waals surface area (Å²) in [5.41, 5.74) is 3.21. The second-order valence-electron chi connectivity index (χ2n) is 11.0. The van der Waals surface area contributed by atoms with Crippen LogP contribution in [0.1, 0.15) is 80.1 Å². The number of nitrogens with zero attached hydrogens (tertiary/aromatic N) is 2. The monoisotopic (exact) mass is 421 g/mol. The van der Waals surface area contributed by atoms with Crippen molar-refractivity contribution in [3.8, 4) is 0 Å². The molecule has 2 aliphatic heterocycles. The SMILES string of the molecule is CC(C)(C)CC(=O)N(C1=NCCC=C1C1CC(CC2CC2)NO1)C(O)OC(C)(C)C. The molecule has 30 heavy (non-hydrogen) atoms. The molecule has 2 fully saturated rings. The lowest BCUT2D eigenvalue weighted by atomic mass is 9.91. The van der Waals surface area contributed by atoms with E-state index in [0.717, 1.165) is 30.8 Å². The highest BCUT2D eigenvalue weighted by Gasteiger charge is 2.40. The highest BCUT2D eigenvalue weighted by atomic mass is 16.7. The van der Waals surface area contributed by atoms with E-state index in [-0.39, 0.29) is 23.8 Å². The Balaban J connectivity index is 1.81. The fraction of sp³-hybridized carbons (Fsp3) is 0.826. The molecule has 1 saturated heterocycles. The third-order valence-electron chi connectivity index (χ3n) is 5.41. The Morgan fingerprint density at radius 2 is 2.03 bits per heavy atom. The predicted octanol–water partition coefficient (Wildman–Crippen LogP) is 3.53. The standard InChI is InChI=1S/C23H39N3O4/c1-22(2,3)14-19(27)26(21(28)29-23(4,5)6)20-17(8-7-11-24-20)18-13-16(25-30-18)12-15-9-10-15/h8,15-16,18,21,25,28H,7,9-14H2,1-6H3. The van der Waals surface area contributed by atoms with Gasteiger partial charge in [0.2, 0.25) is 12.3 Å². The largest absolute Gasteiger partial charge is 0.351 e. The van der Waals surface area contributed by atoms with Gasteiger partial charge < -0.3 is 9.84 Å². The number of hydrogen-bond acceptors (Lipinski definition) is 6. The fourth-order valence-electron chi connectivity index (χ4n) is 3.94. The van der Waals surface area contributed by atoms with Crippen LogP contribution in [0.15, 0.2) is 16.6 Å². The van der Waals surface area contributed by atoms with E-state index in [1.165, 1.54) is 17.7 Å². The number of ether oxygens (including phenoxy) is 1. The summed E-state index contributed by atoms with van der Waals surface area (Å²) in [6.45, 7) is 12.2. The number of hydrogen-bond donors (Lipinski definition) is 2. The Labute approximate surface area is 180 Å². The fourth-order valence-corrected chi connectivity index (χ4v) is 3.94. The molecular weight excluding hydrogens is 382 g/mol. The lowest BCUT2D eigenvalue weighted by Crippen LogP contribution is -2.51. The van der Waals surface area contributed by atoms with Gasteiger partial charge in [0.05, 0.1) is 5.60 Å². The van der Waals surface area contributed by atoms with Gasteiger partial charge in [-0.15, -0.1) is 0 Å². The lowest BCUT2D eigenvalue weighted by molar-refractivity contribution is -0.220. The quantitative estimate of drug-likeness (QED) is 0.641. The van der Waals surface area contributed by atoms with Crippen LogP contribution in [-0.2, 0) is 14.4 Å². The third-order valence-corrected chi connectivity index (χ3v) is 5.41. The van der Waals surface area contributed by atoms with Gasteiger partial charge in [-0.25, -0.2) is 4.90 Å². The molecule has 7 nitrogen and oxygen atoms in total. The van der Waals surface area contributed by atoms with Crippen molar-refractivity contribution in [3.63, 3.8) is 0 Å². The van der Waals surface area contributed by atoms with E-state index in [9.17, 15) is 9.90 Å². The Morgan fingerprint density at radius 3 is 2.63 bits per heavy atom. The van der Waals surface area contributed by atoms with Gasteiger partial charge in [-0.05, 0) is 51.4 Å². The van der Waals surface area contributed by atoms with Gasteiger partial charge >= 0.3 is 0 Å². The Hall–Kier alpha value is -1.28. The Morgan fingerprint density at radius 1 is 1.33 bits per heavy atom. The molecule has 0 radical (unpaired) electrons. The Kier molecular flexibility index (Phi) is 7.07. The minimum Gasteiger partial charge on any atom is -0.351 e. The smallest absolute Gasteiger partial charge is 0.246 e. The number of amidine groups is 1. The topological polar surface area (TPSA) is 83.4 Å². The zero-order valence-corrected chi connectivity index (χ0v) is 19.4. The van der Waals surface area contributed by atoms with E-state index in [4.69, 9.17) is 9.57 Å². The summed E-state index contributed by atoms with van der Waals surface area (Å²) in [6.07, 6.45) is 6.16. The van der Waals surface area contributed by atoms with Crippen molar-refractivity contribution in [2.45, 2.75) is 104 Å². The molecule has 7 heteroatoms. The van der Waals surface area contributed by atoms with Gasteiger partial charge in [-0.1, -0.05) is 39.7 Å². The molecule has 3 unspecified atom stereocenters. The van der Waals surface area contributed by atoms with Crippen molar-refractivity contribution < 1.29 is 19.5 Å². The van der Waals surface area contributed by atoms with Crippen molar-refractivity contribution in [2.75, 3.05) is 6.54 Å². The summed E-state index contributed by atoms with van der Waals surface area (Å²) in [5.74, 6) is 1.09. The molecule has 0 aromatic carbocycles. The van der Waals surface area contributed by atoms with E-state index in [2.05, 4.69) is 16.5 Å². The molecule has 1 amide bonds. The maximum Gasteiger partial charge on any atom is 0.246 e. The minimum atomic E-state index is -1.41. The van der Waals surface area contributed by atoms with Crippen molar-refractivity contribution in [1.82, 2.24) is 10.4 Å². The molecule has 0 bridgehead atoms. The van der Waals surface area contributed by atoms with Crippen LogP contribution in [0.25, 0.3) is 0 Å². The molecular formula is C23H39N3O4. The van der Waals surface area contributed by atoms with Crippen molar-refractivity contribution >= 4 is 11.7 Å². The first-order valence-electron chi connectivity index (χ1n) is 11.3. The molecule has 0 aromatic rings. The average Bonchev–Trinajstić information content (AvgIpc) is 3.27. The van der Waals surface area contributed by atoms with E-state index in [1.807, 2.05) is 41.5 Å². The summed E-state index contributed by atoms with van der Waals surface area (Å²) < 4.78 is 5.78. The number of nitrogens with one attached hydrogen (secondary N) is 1. The molecule has 0 aromatic heterocycles. The molecule has 3 rings (SSSR count). The zero-order valence-electron chi connectivity index (χ0n) is 19.4. The van der Waals surface area contributed by atoms with Gasteiger partial charge in [0.1, 0.15) is 11.9 Å². The van der Waals surface area contributed by atoms with Gasteiger partial charge in [0.15, 0.2) is 0 Å². The van der Waals surface area contributed by atoms with Gasteiger partial charge in [-0.2, -0.15) is 5.48 Å². The van der Waals surface area contributed by atoms with E-state index < -0.39 is 12.0 Å². The molecule has 170 valence electrons. The van der Waals surface area contributed by atoms with Crippen LogP contribution in [0, 0.1) is 11.3 Å². The van der Waals surface area contributed by atoms with Gasteiger partial charge in [-0.3, -0.25) is 14.6 Å². The van der Waals surface area contributed by atoms with Crippen LogP contribution in [-0.4, -0.2) is 52.5 Å². The van der Waals surface area contributed by atoms with Crippen molar-refractivity contribution in [2.24, 2.45) is 16.3 Å². The number of aliphatic hydroxyl groups excluding tert-OH is 1. The van der Waals surface area contributed by atoms with Crippen LogP contribution in [0.4, 0.5) is 0 Å². The molecule has 3 aliphatic rings. The minimum absolute atomic E-state index is 0.181. The van der Waals surface area contributed by atoms with E-state index in [0.29, 0.717) is 18.4 Å². The molecule has 2 heterocycles. The second kappa shape index (κ2) is 9.07. The maximum atomic E-state index is 13.3. The molecule has 0 spiro atoms. The van der Waals surface area contributed by atoms with Crippen LogP contribution in [0.3, 0.4) is 0 Å². The Bertz CT molecular complexity index is 686. The highest BCUT2D eigenvalue weighted by molar-refractivity contribution is 6.08. The molecule has 3 atom stereocenters. The van der Waals surface area contributed by atoms with Crippen LogP contribution in [0.2, 0.25) is 0 Å². The lowest BCUT2D eigenvalue weighted by Gasteiger charge is -2.36. The van der Waals surface area contributed by atoms with E-state index >= 15 is 0 Å². The molecule has 1 aliphatic carbocycles. The first kappa shape index (κ1) is 23.4. The summed E-state index contributed by atoms with van der Waals surface area (Å²) in [4.78, 5) is 25.2. The maximum absolute atomic E-state index is 13.3. The summed E-state index contributed by atoms with van der Waals surface area (Å²) >= 11 is 0. The predicted molar refractivity (Wildman–Crippen MR) is 117 cm³/mol. The number of aliphatic hydroxyl groups is 1. The number of rotatable bonds is 6. The third kappa shape index (κ3) is 6.61. The average molecular weight is 422 g/mol. The van der Waals surface area contributed by atoms with Crippen LogP contribution >= 0.6 is 0 Å². The zero-order chi connectivity index (χ0) is 22.1. The number of carbonyl (C=O) groups excluding carboxylic acids is 1. The van der Waals surface area contributed by atoms with Crippen LogP contribution < -0.4 is 5.48 Å². The summed E-state index contributed by atoms with van der Waals surface area (Å²) in [7, 11) is 0. The number of carbonyl (C=O) groups is 1. The first-order valence-corrected chi connectivity index (χ1v) is 11.3. The van der Waals surface area contributed by atoms with Crippen molar-refractivity contribution in [3.05, 3.63) is 11.6 Å². The number of aliphatic imine (C=N–C) groups is 1. The number of dihydropyridines is 1. The highest BCUT2D eigenvalue weighted by Crippen LogP contribution is 2.37. The number of hydroxylamine groups is 1.